The van der Waals surface area contributed by atoms with Gasteiger partial charge in [0.1, 0.15) is 11.4 Å². The summed E-state index contributed by atoms with van der Waals surface area (Å²) in [6.45, 7) is 0. The molecule has 3 aromatic carbocycles. The molecule has 3 rings (SSSR count). The lowest BCUT2D eigenvalue weighted by atomic mass is 9.97. The van der Waals surface area contributed by atoms with Crippen LogP contribution >= 0.6 is 0 Å². The molecule has 0 aliphatic rings. The van der Waals surface area contributed by atoms with Gasteiger partial charge in [-0.3, -0.25) is 0 Å². The van der Waals surface area contributed by atoms with Gasteiger partial charge in [-0.1, -0.05) is 0 Å². The fourth-order valence-electron chi connectivity index (χ4n) is 2.46. The van der Waals surface area contributed by atoms with Crippen LogP contribution in [0.4, 0.5) is 46.5 Å². The zero-order chi connectivity index (χ0) is 18.1. The van der Waals surface area contributed by atoms with Crippen LogP contribution in [0.5, 0.6) is 0 Å². The zero-order valence-electron chi connectivity index (χ0n) is 11.2. The van der Waals surface area contributed by atoms with Crippen LogP contribution in [0.25, 0.3) is 21.5 Å². The molecule has 0 bridgehead atoms. The Balaban J connectivity index is 2.87. The van der Waals surface area contributed by atoms with Crippen LogP contribution in [0.1, 0.15) is 0 Å². The molecule has 0 amide bonds. The molecule has 0 aliphatic carbocycles. The largest absolute Gasteiger partial charge is 0.394 e. The van der Waals surface area contributed by atoms with Crippen molar-refractivity contribution in [1.29, 1.82) is 0 Å². The Hall–Kier alpha value is -2.78. The highest BCUT2D eigenvalue weighted by molar-refractivity contribution is 6.11. The third kappa shape index (κ3) is 1.70. The fourth-order valence-corrected chi connectivity index (χ4v) is 2.46. The van der Waals surface area contributed by atoms with Crippen molar-refractivity contribution in [1.82, 2.24) is 0 Å². The van der Waals surface area contributed by atoms with Crippen molar-refractivity contribution in [2.24, 2.45) is 0 Å². The first kappa shape index (κ1) is 16.1. The van der Waals surface area contributed by atoms with Crippen LogP contribution in [-0.2, 0) is 0 Å². The van der Waals surface area contributed by atoms with Crippen molar-refractivity contribution in [3.8, 4) is 0 Å². The first-order chi connectivity index (χ1) is 11.1. The van der Waals surface area contributed by atoms with Gasteiger partial charge in [0.15, 0.2) is 46.5 Å². The van der Waals surface area contributed by atoms with Crippen molar-refractivity contribution >= 4 is 32.9 Å². The van der Waals surface area contributed by atoms with Gasteiger partial charge in [-0.15, -0.1) is 0 Å². The van der Waals surface area contributed by atoms with E-state index in [0.29, 0.717) is 0 Å². The van der Waals surface area contributed by atoms with Crippen LogP contribution in [0, 0.1) is 46.5 Å². The third-order valence-electron chi connectivity index (χ3n) is 3.59. The quantitative estimate of drug-likeness (QED) is 0.275. The second kappa shape index (κ2) is 4.86. The van der Waals surface area contributed by atoms with Gasteiger partial charge in [-0.05, 0) is 0 Å². The Bertz CT molecular complexity index is 976. The monoisotopic (exact) mass is 352 g/mol. The summed E-state index contributed by atoms with van der Waals surface area (Å²) >= 11 is 0. The smallest absolute Gasteiger partial charge is 0.185 e. The molecule has 0 aromatic heterocycles. The SMILES string of the molecule is Nc1c(F)c(F)c2c(c1F)c(F)c(F)c1c(F)c(F)c(N)c(F)c12. The van der Waals surface area contributed by atoms with Gasteiger partial charge in [0, 0.05) is 10.8 Å². The highest BCUT2D eigenvalue weighted by Gasteiger charge is 2.31. The summed E-state index contributed by atoms with van der Waals surface area (Å²) in [4.78, 5) is 0. The minimum absolute atomic E-state index is 1.45. The van der Waals surface area contributed by atoms with E-state index >= 15 is 0 Å². The molecular formula is C14H4F8N2. The lowest BCUT2D eigenvalue weighted by molar-refractivity contribution is 0.487. The maximum atomic E-state index is 14.2. The van der Waals surface area contributed by atoms with Crippen LogP contribution < -0.4 is 11.5 Å². The maximum absolute atomic E-state index is 14.2. The number of nitrogens with two attached hydrogens (primary N) is 2. The molecule has 0 fully saturated rings. The predicted octanol–water partition coefficient (Wildman–Crippen LogP) is 4.27. The van der Waals surface area contributed by atoms with Gasteiger partial charge >= 0.3 is 0 Å². The van der Waals surface area contributed by atoms with Gasteiger partial charge in [-0.25, -0.2) is 35.1 Å². The van der Waals surface area contributed by atoms with Gasteiger partial charge in [0.2, 0.25) is 0 Å². The molecule has 0 spiro atoms. The minimum atomic E-state index is -2.21. The standard InChI is InChI=1S/C14H4F8N2/c15-5-1-2-3(8(18)12(22)13(23)9(2)19)6(16)7(17)4(1)10(20)14(24)11(5)21/h23-24H2. The Labute approximate surface area is 127 Å². The van der Waals surface area contributed by atoms with Crippen LogP contribution in [0.3, 0.4) is 0 Å². The lowest BCUT2D eigenvalue weighted by Crippen LogP contribution is -2.08. The van der Waals surface area contributed by atoms with Crippen molar-refractivity contribution in [3.63, 3.8) is 0 Å². The highest BCUT2D eigenvalue weighted by Crippen LogP contribution is 2.41. The van der Waals surface area contributed by atoms with E-state index < -0.39 is 79.5 Å². The number of nitrogen functional groups attached to an aromatic ring is 2. The van der Waals surface area contributed by atoms with Gasteiger partial charge in [0.05, 0.1) is 10.8 Å². The summed E-state index contributed by atoms with van der Waals surface area (Å²) in [7, 11) is 0. The summed E-state index contributed by atoms with van der Waals surface area (Å²) in [5, 5.41) is -6.17. The average Bonchev–Trinajstić information content (AvgIpc) is 2.56. The molecule has 2 nitrogen and oxygen atoms in total. The van der Waals surface area contributed by atoms with E-state index in [9.17, 15) is 35.1 Å². The number of hydrogen-bond donors (Lipinski definition) is 2. The molecule has 0 radical (unpaired) electrons. The zero-order valence-corrected chi connectivity index (χ0v) is 11.2. The van der Waals surface area contributed by atoms with Gasteiger partial charge in [-0.2, -0.15) is 0 Å². The Morgan fingerprint density at radius 2 is 0.583 bits per heavy atom. The highest BCUT2D eigenvalue weighted by atomic mass is 19.2. The summed E-state index contributed by atoms with van der Waals surface area (Å²) in [5.74, 6) is -16.5. The van der Waals surface area contributed by atoms with E-state index in [2.05, 4.69) is 0 Å². The van der Waals surface area contributed by atoms with Gasteiger partial charge in [0.25, 0.3) is 0 Å². The Morgan fingerprint density at radius 3 is 1.04 bits per heavy atom. The van der Waals surface area contributed by atoms with Crippen LogP contribution in [-0.4, -0.2) is 0 Å². The molecule has 3 aromatic rings. The normalized spacial score (nSPS) is 11.7. The molecule has 0 saturated carbocycles. The first-order valence-corrected chi connectivity index (χ1v) is 6.09. The summed E-state index contributed by atoms with van der Waals surface area (Å²) in [5.41, 5.74) is 6.86. The fraction of sp³-hybridized carbons (Fsp3) is 0. The predicted molar refractivity (Wildman–Crippen MR) is 69.9 cm³/mol. The van der Waals surface area contributed by atoms with Crippen LogP contribution in [0.15, 0.2) is 0 Å². The van der Waals surface area contributed by atoms with E-state index in [0.717, 1.165) is 0 Å². The number of fused-ring (bicyclic) bond motifs is 3. The number of benzene rings is 3. The topological polar surface area (TPSA) is 52.0 Å². The van der Waals surface area contributed by atoms with E-state index in [1.807, 2.05) is 0 Å². The van der Waals surface area contributed by atoms with Crippen molar-refractivity contribution in [2.45, 2.75) is 0 Å². The third-order valence-corrected chi connectivity index (χ3v) is 3.59. The van der Waals surface area contributed by atoms with Crippen molar-refractivity contribution in [3.05, 3.63) is 46.5 Å². The molecule has 0 saturated heterocycles. The summed E-state index contributed by atoms with van der Waals surface area (Å²) < 4.78 is 111. The van der Waals surface area contributed by atoms with Crippen LogP contribution in [0.2, 0.25) is 0 Å². The van der Waals surface area contributed by atoms with E-state index in [4.69, 9.17) is 11.5 Å². The molecule has 126 valence electrons. The van der Waals surface area contributed by atoms with E-state index in [1.54, 1.807) is 0 Å². The van der Waals surface area contributed by atoms with Gasteiger partial charge < -0.3 is 11.5 Å². The number of hydrogen-bond acceptors (Lipinski definition) is 2. The molecule has 0 unspecified atom stereocenters. The van der Waals surface area contributed by atoms with Crippen molar-refractivity contribution in [2.75, 3.05) is 11.5 Å². The number of anilines is 2. The molecule has 0 aliphatic heterocycles. The molecule has 4 N–H and O–H groups in total. The Morgan fingerprint density at radius 1 is 0.333 bits per heavy atom. The Kier molecular flexibility index (Phi) is 3.26. The molecular weight excluding hydrogens is 348 g/mol. The summed E-state index contributed by atoms with van der Waals surface area (Å²) in [6.07, 6.45) is 0. The first-order valence-electron chi connectivity index (χ1n) is 6.09. The number of halogens is 8. The molecule has 0 atom stereocenters. The molecule has 0 heterocycles. The van der Waals surface area contributed by atoms with E-state index in [1.165, 1.54) is 0 Å². The second-order valence-corrected chi connectivity index (χ2v) is 4.84. The van der Waals surface area contributed by atoms with E-state index in [-0.39, 0.29) is 0 Å². The lowest BCUT2D eigenvalue weighted by Gasteiger charge is -2.14. The molecule has 24 heavy (non-hydrogen) atoms. The van der Waals surface area contributed by atoms with Crippen molar-refractivity contribution < 1.29 is 35.1 Å². The number of rotatable bonds is 0. The summed E-state index contributed by atoms with van der Waals surface area (Å²) in [6, 6.07) is 0. The maximum Gasteiger partial charge on any atom is 0.185 e. The second-order valence-electron chi connectivity index (χ2n) is 4.84. The molecule has 10 heteroatoms. The minimum Gasteiger partial charge on any atom is -0.394 e. The average molecular weight is 352 g/mol.